The standard InChI is InChI=1S/C7H6BrF3N2O/c8-6-5(14-7(9,10)11)2-1-4(3-12)13-6/h1-2H,3,12H2. The van der Waals surface area contributed by atoms with Crippen molar-refractivity contribution in [3.8, 4) is 5.75 Å². The highest BCUT2D eigenvalue weighted by atomic mass is 79.9. The molecule has 1 heterocycles. The van der Waals surface area contributed by atoms with E-state index in [1.165, 1.54) is 6.07 Å². The molecule has 0 aliphatic heterocycles. The summed E-state index contributed by atoms with van der Waals surface area (Å²) in [7, 11) is 0. The maximum Gasteiger partial charge on any atom is 0.573 e. The van der Waals surface area contributed by atoms with Crippen molar-refractivity contribution in [2.24, 2.45) is 5.73 Å². The minimum Gasteiger partial charge on any atom is -0.403 e. The third-order valence-electron chi connectivity index (χ3n) is 1.31. The molecule has 0 saturated heterocycles. The molecule has 7 heteroatoms. The summed E-state index contributed by atoms with van der Waals surface area (Å²) in [5.74, 6) is -0.380. The number of rotatable bonds is 2. The van der Waals surface area contributed by atoms with Crippen molar-refractivity contribution >= 4 is 15.9 Å². The van der Waals surface area contributed by atoms with Crippen LogP contribution in [0.15, 0.2) is 16.7 Å². The van der Waals surface area contributed by atoms with E-state index in [1.54, 1.807) is 0 Å². The van der Waals surface area contributed by atoms with E-state index < -0.39 is 6.36 Å². The largest absolute Gasteiger partial charge is 0.573 e. The van der Waals surface area contributed by atoms with Crippen LogP contribution >= 0.6 is 15.9 Å². The molecule has 0 unspecified atom stereocenters. The van der Waals surface area contributed by atoms with Crippen LogP contribution in [-0.4, -0.2) is 11.3 Å². The first-order valence-corrected chi connectivity index (χ1v) is 4.33. The summed E-state index contributed by atoms with van der Waals surface area (Å²) in [4.78, 5) is 3.74. The topological polar surface area (TPSA) is 48.1 Å². The van der Waals surface area contributed by atoms with Gasteiger partial charge in [0.25, 0.3) is 0 Å². The molecule has 0 aromatic carbocycles. The average Bonchev–Trinajstić information content (AvgIpc) is 2.06. The van der Waals surface area contributed by atoms with Crippen molar-refractivity contribution in [3.05, 3.63) is 22.4 Å². The van der Waals surface area contributed by atoms with E-state index in [9.17, 15) is 13.2 Å². The summed E-state index contributed by atoms with van der Waals surface area (Å²) in [6.07, 6.45) is -4.71. The molecule has 1 aromatic heterocycles. The first-order chi connectivity index (χ1) is 6.42. The number of nitrogens with zero attached hydrogens (tertiary/aromatic N) is 1. The molecule has 0 fully saturated rings. The SMILES string of the molecule is NCc1ccc(OC(F)(F)F)c(Br)n1. The van der Waals surface area contributed by atoms with E-state index >= 15 is 0 Å². The molecular weight excluding hydrogens is 265 g/mol. The molecule has 0 atom stereocenters. The van der Waals surface area contributed by atoms with Crippen LogP contribution in [0.1, 0.15) is 5.69 Å². The van der Waals surface area contributed by atoms with Gasteiger partial charge in [-0.15, -0.1) is 13.2 Å². The Morgan fingerprint density at radius 3 is 2.50 bits per heavy atom. The van der Waals surface area contributed by atoms with E-state index in [2.05, 4.69) is 25.7 Å². The lowest BCUT2D eigenvalue weighted by Crippen LogP contribution is -2.17. The zero-order valence-corrected chi connectivity index (χ0v) is 8.39. The van der Waals surface area contributed by atoms with Gasteiger partial charge in [-0.05, 0) is 28.1 Å². The molecule has 2 N–H and O–H groups in total. The number of nitrogens with two attached hydrogens (primary N) is 1. The second kappa shape index (κ2) is 4.14. The van der Waals surface area contributed by atoms with E-state index in [4.69, 9.17) is 5.73 Å². The van der Waals surface area contributed by atoms with Crippen molar-refractivity contribution in [2.75, 3.05) is 0 Å². The monoisotopic (exact) mass is 270 g/mol. The summed E-state index contributed by atoms with van der Waals surface area (Å²) in [6, 6.07) is 2.53. The molecule has 3 nitrogen and oxygen atoms in total. The third kappa shape index (κ3) is 3.15. The number of alkyl halides is 3. The predicted octanol–water partition coefficient (Wildman–Crippen LogP) is 2.20. The molecule has 0 radical (unpaired) electrons. The lowest BCUT2D eigenvalue weighted by atomic mass is 10.3. The van der Waals surface area contributed by atoms with Gasteiger partial charge in [-0.2, -0.15) is 0 Å². The molecular formula is C7H6BrF3N2O. The number of pyridine rings is 1. The minimum absolute atomic E-state index is 0.0159. The number of ether oxygens (including phenoxy) is 1. The van der Waals surface area contributed by atoms with Crippen molar-refractivity contribution < 1.29 is 17.9 Å². The van der Waals surface area contributed by atoms with Gasteiger partial charge in [-0.3, -0.25) is 0 Å². The Bertz CT molecular complexity index is 329. The quantitative estimate of drug-likeness (QED) is 0.839. The van der Waals surface area contributed by atoms with Crippen LogP contribution in [0.5, 0.6) is 5.75 Å². The lowest BCUT2D eigenvalue weighted by molar-refractivity contribution is -0.275. The average molecular weight is 271 g/mol. The Morgan fingerprint density at radius 2 is 2.07 bits per heavy atom. The van der Waals surface area contributed by atoms with Gasteiger partial charge in [0.1, 0.15) is 4.60 Å². The first-order valence-electron chi connectivity index (χ1n) is 3.53. The Kier molecular flexibility index (Phi) is 3.33. The van der Waals surface area contributed by atoms with Gasteiger partial charge < -0.3 is 10.5 Å². The van der Waals surface area contributed by atoms with Crippen LogP contribution in [0.4, 0.5) is 13.2 Å². The van der Waals surface area contributed by atoms with Crippen LogP contribution in [0.3, 0.4) is 0 Å². The second-order valence-corrected chi connectivity index (χ2v) is 3.09. The Balaban J connectivity index is 2.89. The second-order valence-electron chi connectivity index (χ2n) is 2.34. The van der Waals surface area contributed by atoms with Crippen LogP contribution in [0.2, 0.25) is 0 Å². The molecule has 1 rings (SSSR count). The fourth-order valence-electron chi connectivity index (χ4n) is 0.774. The molecule has 0 aliphatic rings. The van der Waals surface area contributed by atoms with Crippen molar-refractivity contribution in [3.63, 3.8) is 0 Å². The summed E-state index contributed by atoms with van der Waals surface area (Å²) in [5, 5.41) is 0. The molecule has 0 bridgehead atoms. The van der Waals surface area contributed by atoms with E-state index in [0.29, 0.717) is 5.69 Å². The van der Waals surface area contributed by atoms with E-state index in [1.807, 2.05) is 0 Å². The summed E-state index contributed by atoms with van der Waals surface area (Å²) in [5.41, 5.74) is 5.73. The number of hydrogen-bond acceptors (Lipinski definition) is 3. The maximum atomic E-state index is 11.8. The Labute approximate surface area is 86.2 Å². The maximum absolute atomic E-state index is 11.8. The zero-order valence-electron chi connectivity index (χ0n) is 6.81. The smallest absolute Gasteiger partial charge is 0.403 e. The number of hydrogen-bond donors (Lipinski definition) is 1. The molecule has 0 saturated carbocycles. The summed E-state index contributed by atoms with van der Waals surface area (Å²) in [6.45, 7) is 0.158. The minimum atomic E-state index is -4.71. The van der Waals surface area contributed by atoms with Gasteiger partial charge in [0, 0.05) is 6.54 Å². The number of aromatic nitrogens is 1. The lowest BCUT2D eigenvalue weighted by Gasteiger charge is -2.10. The molecule has 14 heavy (non-hydrogen) atoms. The molecule has 0 aliphatic carbocycles. The van der Waals surface area contributed by atoms with E-state index in [0.717, 1.165) is 6.07 Å². The first kappa shape index (κ1) is 11.3. The van der Waals surface area contributed by atoms with Crippen LogP contribution in [-0.2, 0) is 6.54 Å². The fourth-order valence-corrected chi connectivity index (χ4v) is 1.21. The van der Waals surface area contributed by atoms with Gasteiger partial charge in [0.2, 0.25) is 0 Å². The van der Waals surface area contributed by atoms with Gasteiger partial charge in [0.15, 0.2) is 5.75 Å². The molecule has 1 aromatic rings. The molecule has 0 spiro atoms. The van der Waals surface area contributed by atoms with Crippen molar-refractivity contribution in [1.82, 2.24) is 4.98 Å². The summed E-state index contributed by atoms with van der Waals surface area (Å²) >= 11 is 2.85. The molecule has 78 valence electrons. The van der Waals surface area contributed by atoms with Crippen molar-refractivity contribution in [1.29, 1.82) is 0 Å². The Morgan fingerprint density at radius 1 is 1.43 bits per heavy atom. The highest BCUT2D eigenvalue weighted by Gasteiger charge is 2.32. The van der Waals surface area contributed by atoms with Gasteiger partial charge >= 0.3 is 6.36 Å². The third-order valence-corrected chi connectivity index (χ3v) is 1.88. The van der Waals surface area contributed by atoms with Crippen LogP contribution < -0.4 is 10.5 Å². The van der Waals surface area contributed by atoms with Gasteiger partial charge in [-0.1, -0.05) is 0 Å². The normalized spacial score (nSPS) is 11.5. The van der Waals surface area contributed by atoms with E-state index in [-0.39, 0.29) is 16.9 Å². The van der Waals surface area contributed by atoms with Crippen LogP contribution in [0, 0.1) is 0 Å². The highest BCUT2D eigenvalue weighted by molar-refractivity contribution is 9.10. The highest BCUT2D eigenvalue weighted by Crippen LogP contribution is 2.28. The van der Waals surface area contributed by atoms with Gasteiger partial charge in [-0.25, -0.2) is 4.98 Å². The Hall–Kier alpha value is -0.820. The number of halogens is 4. The predicted molar refractivity (Wildman–Crippen MR) is 46.5 cm³/mol. The van der Waals surface area contributed by atoms with Gasteiger partial charge in [0.05, 0.1) is 5.69 Å². The van der Waals surface area contributed by atoms with Crippen molar-refractivity contribution in [2.45, 2.75) is 12.9 Å². The summed E-state index contributed by atoms with van der Waals surface area (Å²) < 4.78 is 39.1. The van der Waals surface area contributed by atoms with Crippen LogP contribution in [0.25, 0.3) is 0 Å². The fraction of sp³-hybridized carbons (Fsp3) is 0.286. The molecule has 0 amide bonds. The zero-order chi connectivity index (χ0) is 10.8.